The first-order valence-corrected chi connectivity index (χ1v) is 9.98. The summed E-state index contributed by atoms with van der Waals surface area (Å²) in [6.45, 7) is 4.47. The van der Waals surface area contributed by atoms with Gasteiger partial charge in [-0.25, -0.2) is 5.01 Å². The highest BCUT2D eigenvalue weighted by atomic mass is 16.5. The number of carbonyl (C=O) groups is 1. The van der Waals surface area contributed by atoms with E-state index in [2.05, 4.69) is 33.9 Å². The van der Waals surface area contributed by atoms with Crippen LogP contribution < -0.4 is 10.6 Å². The SMILES string of the molecule is CC1=C2OC(c3ccc(C(=O)NCc4cccc5ccccc45)cc3)=NN2C(C)N1. The minimum absolute atomic E-state index is 0.0663. The third-order valence-corrected chi connectivity index (χ3v) is 5.43. The number of benzene rings is 3. The molecule has 1 unspecified atom stereocenters. The fourth-order valence-corrected chi connectivity index (χ4v) is 3.85. The van der Waals surface area contributed by atoms with Crippen LogP contribution in [0.3, 0.4) is 0 Å². The van der Waals surface area contributed by atoms with Gasteiger partial charge < -0.3 is 15.4 Å². The van der Waals surface area contributed by atoms with Crippen molar-refractivity contribution >= 4 is 22.6 Å². The van der Waals surface area contributed by atoms with Crippen LogP contribution in [0.25, 0.3) is 10.8 Å². The molecule has 30 heavy (non-hydrogen) atoms. The summed E-state index contributed by atoms with van der Waals surface area (Å²) in [5.74, 6) is 1.16. The van der Waals surface area contributed by atoms with Gasteiger partial charge in [-0.1, -0.05) is 42.5 Å². The van der Waals surface area contributed by atoms with Crippen molar-refractivity contribution in [3.63, 3.8) is 0 Å². The Morgan fingerprint density at radius 3 is 2.67 bits per heavy atom. The molecule has 0 saturated carbocycles. The summed E-state index contributed by atoms with van der Waals surface area (Å²) in [6.07, 6.45) is 0.0663. The van der Waals surface area contributed by atoms with Crippen LogP contribution in [0.5, 0.6) is 0 Å². The van der Waals surface area contributed by atoms with Gasteiger partial charge in [0, 0.05) is 17.7 Å². The molecule has 0 aromatic heterocycles. The fraction of sp³-hybridized carbons (Fsp3) is 0.167. The van der Waals surface area contributed by atoms with Gasteiger partial charge in [0.1, 0.15) is 6.17 Å². The highest BCUT2D eigenvalue weighted by molar-refractivity contribution is 5.98. The summed E-state index contributed by atoms with van der Waals surface area (Å²) in [5.41, 5.74) is 3.50. The van der Waals surface area contributed by atoms with Crippen LogP contribution in [-0.4, -0.2) is 23.0 Å². The summed E-state index contributed by atoms with van der Waals surface area (Å²) >= 11 is 0. The molecule has 6 heteroatoms. The first-order valence-electron chi connectivity index (χ1n) is 9.98. The van der Waals surface area contributed by atoms with Crippen molar-refractivity contribution in [2.75, 3.05) is 0 Å². The molecule has 1 atom stereocenters. The van der Waals surface area contributed by atoms with E-state index in [1.54, 1.807) is 12.1 Å². The van der Waals surface area contributed by atoms with Crippen molar-refractivity contribution in [1.29, 1.82) is 0 Å². The van der Waals surface area contributed by atoms with Crippen LogP contribution in [0.4, 0.5) is 0 Å². The van der Waals surface area contributed by atoms with Gasteiger partial charge in [-0.15, -0.1) is 5.10 Å². The Labute approximate surface area is 174 Å². The maximum Gasteiger partial charge on any atom is 0.251 e. The number of rotatable bonds is 4. The van der Waals surface area contributed by atoms with Crippen molar-refractivity contribution in [1.82, 2.24) is 15.6 Å². The minimum atomic E-state index is -0.110. The number of hydrazone groups is 1. The molecule has 3 aromatic rings. The van der Waals surface area contributed by atoms with Crippen LogP contribution in [0.2, 0.25) is 0 Å². The molecule has 2 heterocycles. The van der Waals surface area contributed by atoms with E-state index in [1.807, 2.05) is 55.3 Å². The lowest BCUT2D eigenvalue weighted by molar-refractivity contribution is 0.0951. The molecule has 5 rings (SSSR count). The maximum absolute atomic E-state index is 12.6. The quantitative estimate of drug-likeness (QED) is 0.700. The smallest absolute Gasteiger partial charge is 0.251 e. The monoisotopic (exact) mass is 398 g/mol. The van der Waals surface area contributed by atoms with Crippen LogP contribution in [-0.2, 0) is 11.3 Å². The maximum atomic E-state index is 12.6. The zero-order valence-electron chi connectivity index (χ0n) is 16.8. The van der Waals surface area contributed by atoms with E-state index in [4.69, 9.17) is 4.74 Å². The van der Waals surface area contributed by atoms with Crippen LogP contribution in [0.1, 0.15) is 35.3 Å². The van der Waals surface area contributed by atoms with Gasteiger partial charge in [-0.2, -0.15) is 0 Å². The molecule has 0 radical (unpaired) electrons. The lowest BCUT2D eigenvalue weighted by Crippen LogP contribution is -2.29. The topological polar surface area (TPSA) is 66.0 Å². The largest absolute Gasteiger partial charge is 0.417 e. The Morgan fingerprint density at radius 1 is 1.10 bits per heavy atom. The third-order valence-electron chi connectivity index (χ3n) is 5.43. The van der Waals surface area contributed by atoms with Gasteiger partial charge >= 0.3 is 0 Å². The summed E-state index contributed by atoms with van der Waals surface area (Å²) in [4.78, 5) is 12.6. The van der Waals surface area contributed by atoms with E-state index >= 15 is 0 Å². The molecule has 2 aliphatic rings. The first kappa shape index (κ1) is 18.2. The summed E-state index contributed by atoms with van der Waals surface area (Å²) in [6, 6.07) is 21.6. The average Bonchev–Trinajstić information content (AvgIpc) is 3.33. The Bertz CT molecular complexity index is 1190. The van der Waals surface area contributed by atoms with E-state index in [-0.39, 0.29) is 12.1 Å². The van der Waals surface area contributed by atoms with E-state index in [1.165, 1.54) is 5.39 Å². The predicted molar refractivity (Wildman–Crippen MR) is 116 cm³/mol. The second kappa shape index (κ2) is 7.22. The molecule has 1 amide bonds. The Hall–Kier alpha value is -3.80. The molecule has 2 N–H and O–H groups in total. The van der Waals surface area contributed by atoms with Crippen LogP contribution >= 0.6 is 0 Å². The minimum Gasteiger partial charge on any atom is -0.417 e. The van der Waals surface area contributed by atoms with Gasteiger partial charge in [0.25, 0.3) is 5.91 Å². The highest BCUT2D eigenvalue weighted by Gasteiger charge is 2.34. The van der Waals surface area contributed by atoms with Crippen molar-refractivity contribution in [3.8, 4) is 0 Å². The second-order valence-corrected chi connectivity index (χ2v) is 7.50. The van der Waals surface area contributed by atoms with Crippen LogP contribution in [0.15, 0.2) is 83.4 Å². The Morgan fingerprint density at radius 2 is 1.87 bits per heavy atom. The summed E-state index contributed by atoms with van der Waals surface area (Å²) < 4.78 is 5.89. The van der Waals surface area contributed by atoms with E-state index < -0.39 is 0 Å². The van der Waals surface area contributed by atoms with Crippen molar-refractivity contribution in [3.05, 3.63) is 95.0 Å². The number of amides is 1. The number of ether oxygens (including phenoxy) is 1. The molecule has 0 spiro atoms. The lowest BCUT2D eigenvalue weighted by atomic mass is 10.0. The van der Waals surface area contributed by atoms with Crippen molar-refractivity contribution < 1.29 is 9.53 Å². The van der Waals surface area contributed by atoms with Gasteiger partial charge in [0.2, 0.25) is 11.8 Å². The number of fused-ring (bicyclic) bond motifs is 2. The highest BCUT2D eigenvalue weighted by Crippen LogP contribution is 2.28. The van der Waals surface area contributed by atoms with E-state index in [0.717, 1.165) is 28.1 Å². The summed E-state index contributed by atoms with van der Waals surface area (Å²) in [5, 5.41) is 15.0. The number of nitrogens with zero attached hydrogens (tertiary/aromatic N) is 2. The Balaban J connectivity index is 1.28. The zero-order valence-corrected chi connectivity index (χ0v) is 16.8. The van der Waals surface area contributed by atoms with E-state index in [0.29, 0.717) is 18.0 Å². The number of hydrogen-bond acceptors (Lipinski definition) is 5. The second-order valence-electron chi connectivity index (χ2n) is 7.50. The number of nitrogens with one attached hydrogen (secondary N) is 2. The van der Waals surface area contributed by atoms with Crippen molar-refractivity contribution in [2.24, 2.45) is 5.10 Å². The standard InChI is InChI=1S/C24H22N4O2/c1-15-24-28(16(2)26-15)27-23(30-24)19-12-10-18(11-13-19)22(29)25-14-20-8-5-7-17-6-3-4-9-21(17)20/h3-13,16,26H,14H2,1-2H3,(H,25,29). The normalized spacial score (nSPS) is 17.5. The molecule has 3 aromatic carbocycles. The molecule has 0 saturated heterocycles. The molecule has 0 aliphatic carbocycles. The number of hydrogen-bond donors (Lipinski definition) is 2. The molecule has 0 fully saturated rings. The van der Waals surface area contributed by atoms with Crippen molar-refractivity contribution in [2.45, 2.75) is 26.6 Å². The lowest BCUT2D eigenvalue weighted by Gasteiger charge is -2.12. The zero-order chi connectivity index (χ0) is 20.7. The molecular formula is C24H22N4O2. The molecule has 0 bridgehead atoms. The molecule has 2 aliphatic heterocycles. The fourth-order valence-electron chi connectivity index (χ4n) is 3.85. The Kier molecular flexibility index (Phi) is 4.39. The molecular weight excluding hydrogens is 376 g/mol. The van der Waals surface area contributed by atoms with E-state index in [9.17, 15) is 4.79 Å². The van der Waals surface area contributed by atoms with Gasteiger partial charge in [-0.3, -0.25) is 4.79 Å². The van der Waals surface area contributed by atoms with Gasteiger partial charge in [0.15, 0.2) is 0 Å². The summed E-state index contributed by atoms with van der Waals surface area (Å²) in [7, 11) is 0. The number of allylic oxidation sites excluding steroid dienone is 1. The first-order chi connectivity index (χ1) is 14.6. The molecule has 6 nitrogen and oxygen atoms in total. The molecule has 150 valence electrons. The predicted octanol–water partition coefficient (Wildman–Crippen LogP) is 3.90. The average molecular weight is 398 g/mol. The van der Waals surface area contributed by atoms with Crippen LogP contribution in [0, 0.1) is 0 Å². The number of carbonyl (C=O) groups excluding carboxylic acids is 1. The van der Waals surface area contributed by atoms with Gasteiger partial charge in [-0.05, 0) is 54.4 Å². The third kappa shape index (κ3) is 3.16. The van der Waals surface area contributed by atoms with Gasteiger partial charge in [0.05, 0.1) is 5.70 Å².